The highest BCUT2D eigenvalue weighted by Gasteiger charge is 2.17. The van der Waals surface area contributed by atoms with Crippen LogP contribution < -0.4 is 10.6 Å². The summed E-state index contributed by atoms with van der Waals surface area (Å²) in [5, 5.41) is 16.6. The summed E-state index contributed by atoms with van der Waals surface area (Å²) in [5.41, 5.74) is 1.62. The molecule has 2 N–H and O–H groups in total. The quantitative estimate of drug-likeness (QED) is 0.317. The number of nitro groups is 1. The first-order valence-corrected chi connectivity index (χ1v) is 10.4. The molecule has 9 heteroatoms. The first-order valence-electron chi connectivity index (χ1n) is 9.14. The second-order valence-electron chi connectivity index (χ2n) is 6.48. The standard InChI is InChI=1S/C22H18FN3O4S/c1-31-20-11-6-16(12-19(20)26(29)30)22(28)25-18-9-4-15(5-10-18)21(27)24-13-14-2-7-17(23)8-3-14/h2-12H,13H2,1H3,(H,24,27)(H,25,28). The number of anilines is 1. The van der Waals surface area contributed by atoms with E-state index < -0.39 is 10.8 Å². The van der Waals surface area contributed by atoms with Gasteiger partial charge in [0, 0.05) is 29.4 Å². The Kier molecular flexibility index (Phi) is 6.99. The minimum atomic E-state index is -0.526. The molecule has 31 heavy (non-hydrogen) atoms. The van der Waals surface area contributed by atoms with Gasteiger partial charge < -0.3 is 10.6 Å². The van der Waals surface area contributed by atoms with E-state index in [9.17, 15) is 24.1 Å². The first kappa shape index (κ1) is 22.0. The van der Waals surface area contributed by atoms with Crippen molar-refractivity contribution in [1.82, 2.24) is 5.32 Å². The largest absolute Gasteiger partial charge is 0.348 e. The summed E-state index contributed by atoms with van der Waals surface area (Å²) in [7, 11) is 0. The molecule has 3 aromatic carbocycles. The molecule has 3 rings (SSSR count). The van der Waals surface area contributed by atoms with Crippen LogP contribution in [0, 0.1) is 15.9 Å². The van der Waals surface area contributed by atoms with Crippen LogP contribution in [-0.4, -0.2) is 23.0 Å². The predicted octanol–water partition coefficient (Wildman–Crippen LogP) is 4.64. The number of halogens is 1. The molecule has 0 heterocycles. The van der Waals surface area contributed by atoms with Crippen LogP contribution in [-0.2, 0) is 6.54 Å². The molecule has 0 radical (unpaired) electrons. The molecule has 3 aromatic rings. The van der Waals surface area contributed by atoms with E-state index in [1.54, 1.807) is 42.7 Å². The molecule has 0 fully saturated rings. The number of amides is 2. The fourth-order valence-electron chi connectivity index (χ4n) is 2.77. The molecule has 7 nitrogen and oxygen atoms in total. The third-order valence-electron chi connectivity index (χ3n) is 4.41. The second kappa shape index (κ2) is 9.86. The van der Waals surface area contributed by atoms with Crippen molar-refractivity contribution in [1.29, 1.82) is 0 Å². The van der Waals surface area contributed by atoms with Gasteiger partial charge in [-0.05, 0) is 60.4 Å². The molecule has 2 amide bonds. The van der Waals surface area contributed by atoms with Crippen molar-refractivity contribution in [2.45, 2.75) is 11.4 Å². The van der Waals surface area contributed by atoms with Crippen molar-refractivity contribution >= 4 is 35.0 Å². The van der Waals surface area contributed by atoms with E-state index in [2.05, 4.69) is 10.6 Å². The highest BCUT2D eigenvalue weighted by Crippen LogP contribution is 2.28. The van der Waals surface area contributed by atoms with Crippen LogP contribution in [0.25, 0.3) is 0 Å². The van der Waals surface area contributed by atoms with Gasteiger partial charge in [-0.1, -0.05) is 12.1 Å². The topological polar surface area (TPSA) is 101 Å². The van der Waals surface area contributed by atoms with Crippen molar-refractivity contribution in [3.05, 3.63) is 99.4 Å². The maximum atomic E-state index is 12.9. The molecule has 0 aliphatic rings. The average Bonchev–Trinajstić information content (AvgIpc) is 2.78. The molecule has 0 bridgehead atoms. The normalized spacial score (nSPS) is 10.4. The Morgan fingerprint density at radius 3 is 2.23 bits per heavy atom. The van der Waals surface area contributed by atoms with Crippen LogP contribution in [0.4, 0.5) is 15.8 Å². The summed E-state index contributed by atoms with van der Waals surface area (Å²) in [4.78, 5) is 35.8. The Balaban J connectivity index is 1.62. The van der Waals surface area contributed by atoms with Crippen LogP contribution in [0.5, 0.6) is 0 Å². The number of hydrogen-bond acceptors (Lipinski definition) is 5. The summed E-state index contributed by atoms with van der Waals surface area (Å²) in [6, 6.07) is 16.3. The van der Waals surface area contributed by atoms with Gasteiger partial charge in [-0.25, -0.2) is 4.39 Å². The summed E-state index contributed by atoms with van der Waals surface area (Å²) in [5.74, 6) is -1.16. The van der Waals surface area contributed by atoms with Crippen LogP contribution in [0.2, 0.25) is 0 Å². The molecule has 0 unspecified atom stereocenters. The van der Waals surface area contributed by atoms with Crippen LogP contribution in [0.15, 0.2) is 71.6 Å². The van der Waals surface area contributed by atoms with E-state index in [1.165, 1.54) is 42.1 Å². The average molecular weight is 439 g/mol. The Labute approximate surface area is 181 Å². The van der Waals surface area contributed by atoms with E-state index >= 15 is 0 Å². The number of nitrogens with zero attached hydrogens (tertiary/aromatic N) is 1. The lowest BCUT2D eigenvalue weighted by atomic mass is 10.1. The van der Waals surface area contributed by atoms with E-state index in [4.69, 9.17) is 0 Å². The van der Waals surface area contributed by atoms with Gasteiger partial charge in [0.15, 0.2) is 0 Å². The predicted molar refractivity (Wildman–Crippen MR) is 117 cm³/mol. The minimum absolute atomic E-state index is 0.131. The maximum Gasteiger partial charge on any atom is 0.283 e. The molecule has 0 aliphatic carbocycles. The Morgan fingerprint density at radius 2 is 1.61 bits per heavy atom. The zero-order chi connectivity index (χ0) is 22.4. The third-order valence-corrected chi connectivity index (χ3v) is 5.19. The molecule has 0 aliphatic heterocycles. The number of hydrogen-bond donors (Lipinski definition) is 2. The summed E-state index contributed by atoms with van der Waals surface area (Å²) < 4.78 is 12.9. The fourth-order valence-corrected chi connectivity index (χ4v) is 3.32. The van der Waals surface area contributed by atoms with Crippen LogP contribution >= 0.6 is 11.8 Å². The number of benzene rings is 3. The summed E-state index contributed by atoms with van der Waals surface area (Å²) in [6.07, 6.45) is 1.72. The highest BCUT2D eigenvalue weighted by atomic mass is 32.2. The lowest BCUT2D eigenvalue weighted by molar-refractivity contribution is -0.387. The highest BCUT2D eigenvalue weighted by molar-refractivity contribution is 7.98. The first-order chi connectivity index (χ1) is 14.9. The minimum Gasteiger partial charge on any atom is -0.348 e. The Bertz CT molecular complexity index is 1120. The van der Waals surface area contributed by atoms with Gasteiger partial charge in [-0.3, -0.25) is 19.7 Å². The smallest absolute Gasteiger partial charge is 0.283 e. The van der Waals surface area contributed by atoms with Gasteiger partial charge >= 0.3 is 0 Å². The second-order valence-corrected chi connectivity index (χ2v) is 7.33. The zero-order valence-electron chi connectivity index (χ0n) is 16.4. The van der Waals surface area contributed by atoms with Gasteiger partial charge in [0.1, 0.15) is 5.82 Å². The van der Waals surface area contributed by atoms with E-state index in [-0.39, 0.29) is 29.5 Å². The fraction of sp³-hybridized carbons (Fsp3) is 0.0909. The lowest BCUT2D eigenvalue weighted by Gasteiger charge is -2.08. The summed E-state index contributed by atoms with van der Waals surface area (Å²) >= 11 is 1.23. The maximum absolute atomic E-state index is 12.9. The van der Waals surface area contributed by atoms with E-state index in [1.807, 2.05) is 0 Å². The number of thioether (sulfide) groups is 1. The van der Waals surface area contributed by atoms with Gasteiger partial charge in [-0.15, -0.1) is 11.8 Å². The van der Waals surface area contributed by atoms with Crippen molar-refractivity contribution < 1.29 is 18.9 Å². The van der Waals surface area contributed by atoms with Crippen molar-refractivity contribution in [2.24, 2.45) is 0 Å². The number of rotatable bonds is 7. The van der Waals surface area contributed by atoms with Gasteiger partial charge in [0.2, 0.25) is 0 Å². The Hall–Kier alpha value is -3.72. The number of carbonyl (C=O) groups excluding carboxylic acids is 2. The SMILES string of the molecule is CSc1ccc(C(=O)Nc2ccc(C(=O)NCc3ccc(F)cc3)cc2)cc1[N+](=O)[O-]. The molecule has 0 atom stereocenters. The molecule has 0 spiro atoms. The van der Waals surface area contributed by atoms with Crippen molar-refractivity contribution in [3.63, 3.8) is 0 Å². The van der Waals surface area contributed by atoms with Gasteiger partial charge in [0.25, 0.3) is 17.5 Å². The number of nitro benzene ring substituents is 1. The monoisotopic (exact) mass is 439 g/mol. The van der Waals surface area contributed by atoms with E-state index in [0.717, 1.165) is 5.56 Å². The van der Waals surface area contributed by atoms with Crippen molar-refractivity contribution in [2.75, 3.05) is 11.6 Å². The number of carbonyl (C=O) groups is 2. The zero-order valence-corrected chi connectivity index (χ0v) is 17.2. The molecule has 0 aromatic heterocycles. The molecule has 0 saturated heterocycles. The van der Waals surface area contributed by atoms with Crippen LogP contribution in [0.3, 0.4) is 0 Å². The Morgan fingerprint density at radius 1 is 0.968 bits per heavy atom. The molecule has 158 valence electrons. The molecular formula is C22H18FN3O4S. The lowest BCUT2D eigenvalue weighted by Crippen LogP contribution is -2.22. The molecular weight excluding hydrogens is 421 g/mol. The van der Waals surface area contributed by atoms with Crippen molar-refractivity contribution in [3.8, 4) is 0 Å². The number of nitrogens with one attached hydrogen (secondary N) is 2. The van der Waals surface area contributed by atoms with Gasteiger partial charge in [0.05, 0.1) is 9.82 Å². The van der Waals surface area contributed by atoms with Gasteiger partial charge in [-0.2, -0.15) is 0 Å². The van der Waals surface area contributed by atoms with Crippen LogP contribution in [0.1, 0.15) is 26.3 Å². The van der Waals surface area contributed by atoms with E-state index in [0.29, 0.717) is 16.1 Å². The third kappa shape index (κ3) is 5.67. The molecule has 0 saturated carbocycles. The summed E-state index contributed by atoms with van der Waals surface area (Å²) in [6.45, 7) is 0.252.